The predicted octanol–water partition coefficient (Wildman–Crippen LogP) is 6.04. The molecule has 0 unspecified atom stereocenters. The van der Waals surface area contributed by atoms with Crippen LogP contribution in [0.1, 0.15) is 0 Å². The average Bonchev–Trinajstić information content (AvgIpc) is 2.42. The van der Waals surface area contributed by atoms with Crippen molar-refractivity contribution in [1.29, 1.82) is 0 Å². The van der Waals surface area contributed by atoms with Crippen molar-refractivity contribution < 1.29 is 89.2 Å². The summed E-state index contributed by atoms with van der Waals surface area (Å²) in [7, 11) is 0. The van der Waals surface area contributed by atoms with Gasteiger partial charge in [-0.1, -0.05) is 0 Å². The van der Waals surface area contributed by atoms with Crippen LogP contribution in [0.5, 0.6) is 0 Å². The van der Waals surface area contributed by atoms with Gasteiger partial charge in [0.2, 0.25) is 0 Å². The topological polar surface area (TPSA) is 36.9 Å². The Kier molecular flexibility index (Phi) is 7.71. The van der Waals surface area contributed by atoms with E-state index in [-0.39, 0.29) is 0 Å². The van der Waals surface area contributed by atoms with Crippen molar-refractivity contribution in [2.75, 3.05) is 0 Å². The Bertz CT molecular complexity index is 593. The Hall–Kier alpha value is -2.12. The van der Waals surface area contributed by atoms with Gasteiger partial charge in [0.15, 0.2) is 0 Å². The normalized spacial score (nSPS) is 13.8. The zero-order chi connectivity index (χ0) is 23.6. The Morgan fingerprint density at radius 1 is 0.448 bits per heavy atom. The van der Waals surface area contributed by atoms with Crippen molar-refractivity contribution in [1.82, 2.24) is 0 Å². The van der Waals surface area contributed by atoms with Crippen molar-refractivity contribution in [2.45, 2.75) is 30.7 Å². The SMILES string of the molecule is FC(F)=C(F)OC(F)(F)OC(F)(F)C(F)(F)C(F)(F)OC(F)(F)OC(F)=C(F)F. The van der Waals surface area contributed by atoms with E-state index in [4.69, 9.17) is 0 Å². The molecular formula is C9F16O4. The van der Waals surface area contributed by atoms with E-state index >= 15 is 0 Å². The minimum atomic E-state index is -7.62. The monoisotopic (exact) mass is 476 g/mol. The van der Waals surface area contributed by atoms with Gasteiger partial charge in [0.05, 0.1) is 0 Å². The number of ether oxygens (including phenoxy) is 4. The van der Waals surface area contributed by atoms with Gasteiger partial charge < -0.3 is 9.47 Å². The van der Waals surface area contributed by atoms with Crippen LogP contribution in [0.4, 0.5) is 70.2 Å². The highest BCUT2D eigenvalue weighted by Gasteiger charge is 2.79. The Balaban J connectivity index is 5.69. The highest BCUT2D eigenvalue weighted by atomic mass is 19.4. The second-order valence-electron chi connectivity index (χ2n) is 4.01. The summed E-state index contributed by atoms with van der Waals surface area (Å²) in [6.07, 6.45) is -35.4. The summed E-state index contributed by atoms with van der Waals surface area (Å²) in [5.74, 6) is -7.62. The molecule has 0 spiro atoms. The van der Waals surface area contributed by atoms with Crippen molar-refractivity contribution in [2.24, 2.45) is 0 Å². The molecule has 0 saturated carbocycles. The van der Waals surface area contributed by atoms with Crippen LogP contribution in [-0.4, -0.2) is 30.7 Å². The summed E-state index contributed by atoms with van der Waals surface area (Å²) < 4.78 is 205. The number of halogens is 16. The van der Waals surface area contributed by atoms with E-state index in [1.54, 1.807) is 9.47 Å². The molecule has 0 aliphatic rings. The van der Waals surface area contributed by atoms with E-state index < -0.39 is 54.9 Å². The quantitative estimate of drug-likeness (QED) is 0.219. The zero-order valence-corrected chi connectivity index (χ0v) is 12.2. The lowest BCUT2D eigenvalue weighted by Crippen LogP contribution is -2.60. The molecule has 0 aliphatic heterocycles. The third-order valence-electron chi connectivity index (χ3n) is 1.94. The minimum absolute atomic E-state index is 1.64. The van der Waals surface area contributed by atoms with Crippen LogP contribution in [0.25, 0.3) is 0 Å². The molecule has 0 aromatic rings. The number of hydrogen-bond acceptors (Lipinski definition) is 4. The van der Waals surface area contributed by atoms with E-state index in [1.807, 2.05) is 9.47 Å². The molecule has 0 heterocycles. The summed E-state index contributed by atoms with van der Waals surface area (Å²) in [5.41, 5.74) is 0. The lowest BCUT2D eigenvalue weighted by atomic mass is 10.3. The van der Waals surface area contributed by atoms with Crippen LogP contribution in [0, 0.1) is 0 Å². The summed E-state index contributed by atoms with van der Waals surface area (Å²) >= 11 is 0. The maximum Gasteiger partial charge on any atom is 0.542 e. The molecular weight excluding hydrogens is 476 g/mol. The third-order valence-corrected chi connectivity index (χ3v) is 1.94. The van der Waals surface area contributed by atoms with Gasteiger partial charge in [0, 0.05) is 0 Å². The molecule has 0 aromatic heterocycles. The molecule has 0 fully saturated rings. The van der Waals surface area contributed by atoms with Gasteiger partial charge in [-0.2, -0.15) is 52.7 Å². The maximum atomic E-state index is 13.0. The van der Waals surface area contributed by atoms with Gasteiger partial charge in [0.1, 0.15) is 0 Å². The fourth-order valence-corrected chi connectivity index (χ4v) is 0.924. The first-order valence-electron chi connectivity index (χ1n) is 5.66. The summed E-state index contributed by atoms with van der Waals surface area (Å²) in [4.78, 5) is 0. The second-order valence-corrected chi connectivity index (χ2v) is 4.01. The molecule has 0 atom stereocenters. The number of alkyl halides is 10. The van der Waals surface area contributed by atoms with Crippen molar-refractivity contribution in [3.63, 3.8) is 0 Å². The fourth-order valence-electron chi connectivity index (χ4n) is 0.924. The molecule has 172 valence electrons. The molecule has 29 heavy (non-hydrogen) atoms. The number of rotatable bonds is 10. The predicted molar refractivity (Wildman–Crippen MR) is 49.8 cm³/mol. The molecule has 0 amide bonds. The van der Waals surface area contributed by atoms with Crippen LogP contribution in [0.2, 0.25) is 0 Å². The van der Waals surface area contributed by atoms with Gasteiger partial charge in [-0.3, -0.25) is 0 Å². The van der Waals surface area contributed by atoms with Crippen molar-refractivity contribution in [3.05, 3.63) is 24.2 Å². The van der Waals surface area contributed by atoms with E-state index in [0.717, 1.165) is 0 Å². The van der Waals surface area contributed by atoms with Crippen molar-refractivity contribution in [3.8, 4) is 0 Å². The van der Waals surface area contributed by atoms with Gasteiger partial charge >= 0.3 is 54.9 Å². The first-order valence-corrected chi connectivity index (χ1v) is 5.66. The number of hydrogen-bond donors (Lipinski definition) is 0. The highest BCUT2D eigenvalue weighted by Crippen LogP contribution is 2.51. The van der Waals surface area contributed by atoms with Gasteiger partial charge in [0.25, 0.3) is 0 Å². The van der Waals surface area contributed by atoms with Gasteiger partial charge in [-0.05, 0) is 0 Å². The molecule has 0 bridgehead atoms. The average molecular weight is 476 g/mol. The minimum Gasteiger partial charge on any atom is -0.378 e. The smallest absolute Gasteiger partial charge is 0.378 e. The van der Waals surface area contributed by atoms with E-state index in [2.05, 4.69) is 0 Å². The first-order chi connectivity index (χ1) is 12.6. The maximum absolute atomic E-state index is 13.0. The lowest BCUT2D eigenvalue weighted by molar-refractivity contribution is -0.552. The second kappa shape index (κ2) is 8.32. The van der Waals surface area contributed by atoms with Gasteiger partial charge in [-0.15, -0.1) is 17.6 Å². The summed E-state index contributed by atoms with van der Waals surface area (Å²) in [6, 6.07) is -7.40. The van der Waals surface area contributed by atoms with Crippen LogP contribution in [-0.2, 0) is 18.9 Å². The standard InChI is InChI=1S/C9F16O4/c10-1(11)3(14)26-8(22,23)28-6(18,19)5(16,17)7(20,21)29-9(24,25)27-4(15)2(12)13. The van der Waals surface area contributed by atoms with E-state index in [9.17, 15) is 70.2 Å². The van der Waals surface area contributed by atoms with Crippen LogP contribution in [0.15, 0.2) is 24.2 Å². The fraction of sp³-hybridized carbons (Fsp3) is 0.556. The Labute approximate surface area is 145 Å². The highest BCUT2D eigenvalue weighted by molar-refractivity contribution is 4.88. The van der Waals surface area contributed by atoms with Gasteiger partial charge in [-0.25, -0.2) is 9.47 Å². The first kappa shape index (κ1) is 26.9. The third kappa shape index (κ3) is 7.01. The molecule has 0 saturated heterocycles. The molecule has 0 aliphatic carbocycles. The molecule has 20 heteroatoms. The van der Waals surface area contributed by atoms with Crippen LogP contribution < -0.4 is 0 Å². The zero-order valence-electron chi connectivity index (χ0n) is 12.2. The molecule has 0 N–H and O–H groups in total. The van der Waals surface area contributed by atoms with E-state index in [0.29, 0.717) is 0 Å². The van der Waals surface area contributed by atoms with Crippen LogP contribution >= 0.6 is 0 Å². The summed E-state index contributed by atoms with van der Waals surface area (Å²) in [5, 5.41) is 0. The summed E-state index contributed by atoms with van der Waals surface area (Å²) in [6.45, 7) is 0. The molecule has 0 aromatic carbocycles. The lowest BCUT2D eigenvalue weighted by Gasteiger charge is -2.33. The molecule has 0 rings (SSSR count). The molecule has 4 nitrogen and oxygen atoms in total. The Morgan fingerprint density at radius 2 is 0.690 bits per heavy atom. The van der Waals surface area contributed by atoms with E-state index in [1.165, 1.54) is 0 Å². The van der Waals surface area contributed by atoms with Crippen molar-refractivity contribution >= 4 is 0 Å². The molecule has 0 radical (unpaired) electrons. The Morgan fingerprint density at radius 3 is 0.897 bits per heavy atom. The van der Waals surface area contributed by atoms with Crippen LogP contribution in [0.3, 0.4) is 0 Å². The largest absolute Gasteiger partial charge is 0.542 e.